The van der Waals surface area contributed by atoms with Crippen molar-refractivity contribution >= 4 is 12.1 Å². The first kappa shape index (κ1) is 15.7. The fourth-order valence-corrected chi connectivity index (χ4v) is 1.03. The summed E-state index contributed by atoms with van der Waals surface area (Å²) in [5.74, 6) is -0.477. The molecular formula is C11H21NO5. The average Bonchev–Trinajstić information content (AvgIpc) is 2.14. The van der Waals surface area contributed by atoms with Crippen LogP contribution in [-0.2, 0) is 14.3 Å². The lowest BCUT2D eigenvalue weighted by molar-refractivity contribution is -0.142. The first-order valence-corrected chi connectivity index (χ1v) is 5.46. The first-order valence-electron chi connectivity index (χ1n) is 5.46. The lowest BCUT2D eigenvalue weighted by Gasteiger charge is -2.20. The summed E-state index contributed by atoms with van der Waals surface area (Å²) in [6, 6.07) is 0. The highest BCUT2D eigenvalue weighted by Crippen LogP contribution is 2.06. The Labute approximate surface area is 101 Å². The van der Waals surface area contributed by atoms with E-state index < -0.39 is 23.8 Å². The van der Waals surface area contributed by atoms with Crippen molar-refractivity contribution in [2.24, 2.45) is 0 Å². The molecule has 0 bridgehead atoms. The molecule has 0 aliphatic rings. The van der Waals surface area contributed by atoms with Crippen LogP contribution in [0.2, 0.25) is 0 Å². The monoisotopic (exact) mass is 247 g/mol. The number of hydrogen-bond donors (Lipinski definition) is 2. The maximum atomic E-state index is 11.2. The number of methoxy groups -OCH3 is 1. The standard InChI is InChI=1S/C11H21NO5/c1-11(2,3)17-10(15)12-6-5-8(13)7-9(14)16-4/h8,13H,5-7H2,1-4H3,(H,12,15)/t8-/m1/s1. The molecule has 0 aromatic carbocycles. The van der Waals surface area contributed by atoms with Gasteiger partial charge in [0.2, 0.25) is 0 Å². The second-order valence-corrected chi connectivity index (χ2v) is 4.65. The van der Waals surface area contributed by atoms with Gasteiger partial charge in [-0.25, -0.2) is 4.79 Å². The molecular weight excluding hydrogens is 226 g/mol. The Morgan fingerprint density at radius 3 is 2.41 bits per heavy atom. The molecule has 0 rings (SSSR count). The average molecular weight is 247 g/mol. The number of aliphatic hydroxyl groups is 1. The highest BCUT2D eigenvalue weighted by molar-refractivity contribution is 5.69. The number of esters is 1. The van der Waals surface area contributed by atoms with E-state index in [4.69, 9.17) is 4.74 Å². The van der Waals surface area contributed by atoms with Crippen LogP contribution >= 0.6 is 0 Å². The molecule has 0 saturated heterocycles. The van der Waals surface area contributed by atoms with E-state index in [0.717, 1.165) is 0 Å². The van der Waals surface area contributed by atoms with Crippen molar-refractivity contribution in [3.05, 3.63) is 0 Å². The maximum Gasteiger partial charge on any atom is 0.407 e. The molecule has 0 aromatic rings. The third-order valence-corrected chi connectivity index (χ3v) is 1.78. The van der Waals surface area contributed by atoms with Gasteiger partial charge < -0.3 is 19.9 Å². The van der Waals surface area contributed by atoms with Gasteiger partial charge in [-0.15, -0.1) is 0 Å². The van der Waals surface area contributed by atoms with Gasteiger partial charge in [-0.1, -0.05) is 0 Å². The van der Waals surface area contributed by atoms with Crippen LogP contribution in [0.4, 0.5) is 4.79 Å². The van der Waals surface area contributed by atoms with Crippen LogP contribution in [0.3, 0.4) is 0 Å². The zero-order chi connectivity index (χ0) is 13.5. The molecule has 0 saturated carbocycles. The molecule has 6 nitrogen and oxygen atoms in total. The lowest BCUT2D eigenvalue weighted by Crippen LogP contribution is -2.34. The van der Waals surface area contributed by atoms with E-state index in [2.05, 4.69) is 10.1 Å². The summed E-state index contributed by atoms with van der Waals surface area (Å²) in [5, 5.41) is 11.9. The predicted molar refractivity (Wildman–Crippen MR) is 61.5 cm³/mol. The van der Waals surface area contributed by atoms with Crippen molar-refractivity contribution < 1.29 is 24.2 Å². The molecule has 0 unspecified atom stereocenters. The predicted octanol–water partition coefficient (Wildman–Crippen LogP) is 0.825. The smallest absolute Gasteiger partial charge is 0.407 e. The molecule has 0 heterocycles. The fraction of sp³-hybridized carbons (Fsp3) is 0.818. The molecule has 0 aromatic heterocycles. The first-order chi connectivity index (χ1) is 7.74. The SMILES string of the molecule is COC(=O)C[C@H](O)CCNC(=O)OC(C)(C)C. The molecule has 0 aliphatic heterocycles. The number of nitrogens with one attached hydrogen (secondary N) is 1. The maximum absolute atomic E-state index is 11.2. The van der Waals surface area contributed by atoms with Gasteiger partial charge in [0.15, 0.2) is 0 Å². The summed E-state index contributed by atoms with van der Waals surface area (Å²) in [4.78, 5) is 22.0. The molecule has 0 radical (unpaired) electrons. The molecule has 2 N–H and O–H groups in total. The number of carbonyl (C=O) groups excluding carboxylic acids is 2. The van der Waals surface area contributed by atoms with Crippen LogP contribution in [0.1, 0.15) is 33.6 Å². The normalized spacial score (nSPS) is 12.8. The topological polar surface area (TPSA) is 84.9 Å². The number of rotatable bonds is 5. The number of amides is 1. The van der Waals surface area contributed by atoms with Crippen LogP contribution in [0, 0.1) is 0 Å². The van der Waals surface area contributed by atoms with Crippen molar-refractivity contribution in [1.29, 1.82) is 0 Å². The van der Waals surface area contributed by atoms with E-state index >= 15 is 0 Å². The summed E-state index contributed by atoms with van der Waals surface area (Å²) in [6.07, 6.45) is -1.17. The lowest BCUT2D eigenvalue weighted by atomic mass is 10.2. The van der Waals surface area contributed by atoms with E-state index in [9.17, 15) is 14.7 Å². The van der Waals surface area contributed by atoms with Gasteiger partial charge in [0.1, 0.15) is 5.60 Å². The summed E-state index contributed by atoms with van der Waals surface area (Å²) in [7, 11) is 1.26. The van der Waals surface area contributed by atoms with Gasteiger partial charge in [-0.2, -0.15) is 0 Å². The molecule has 17 heavy (non-hydrogen) atoms. The quantitative estimate of drug-likeness (QED) is 0.703. The fourth-order valence-electron chi connectivity index (χ4n) is 1.03. The summed E-state index contributed by atoms with van der Waals surface area (Å²) in [5.41, 5.74) is -0.547. The number of ether oxygens (including phenoxy) is 2. The molecule has 1 amide bonds. The van der Waals surface area contributed by atoms with E-state index in [0.29, 0.717) is 0 Å². The third kappa shape index (κ3) is 9.62. The Bertz CT molecular complexity index is 259. The Balaban J connectivity index is 3.70. The van der Waals surface area contributed by atoms with Crippen molar-refractivity contribution in [3.63, 3.8) is 0 Å². The molecule has 0 aliphatic carbocycles. The Morgan fingerprint density at radius 1 is 1.35 bits per heavy atom. The summed E-state index contributed by atoms with van der Waals surface area (Å²) < 4.78 is 9.40. The highest BCUT2D eigenvalue weighted by Gasteiger charge is 2.16. The molecule has 1 atom stereocenters. The van der Waals surface area contributed by atoms with Crippen LogP contribution in [0.25, 0.3) is 0 Å². The van der Waals surface area contributed by atoms with Gasteiger partial charge in [-0.05, 0) is 27.2 Å². The minimum Gasteiger partial charge on any atom is -0.469 e. The van der Waals surface area contributed by atoms with Crippen LogP contribution < -0.4 is 5.32 Å². The van der Waals surface area contributed by atoms with Gasteiger partial charge in [0.25, 0.3) is 0 Å². The zero-order valence-electron chi connectivity index (χ0n) is 10.8. The molecule has 0 fully saturated rings. The third-order valence-electron chi connectivity index (χ3n) is 1.78. The molecule has 0 spiro atoms. The Hall–Kier alpha value is -1.30. The van der Waals surface area contributed by atoms with Gasteiger partial charge in [0.05, 0.1) is 19.6 Å². The van der Waals surface area contributed by atoms with Gasteiger partial charge in [-0.3, -0.25) is 4.79 Å². The van der Waals surface area contributed by atoms with Gasteiger partial charge in [0, 0.05) is 6.54 Å². The van der Waals surface area contributed by atoms with Crippen molar-refractivity contribution in [2.75, 3.05) is 13.7 Å². The van der Waals surface area contributed by atoms with E-state index in [-0.39, 0.29) is 19.4 Å². The minimum atomic E-state index is -0.822. The number of carbonyl (C=O) groups is 2. The van der Waals surface area contributed by atoms with Crippen molar-refractivity contribution in [3.8, 4) is 0 Å². The number of hydrogen-bond acceptors (Lipinski definition) is 5. The van der Waals surface area contributed by atoms with Gasteiger partial charge >= 0.3 is 12.1 Å². The van der Waals surface area contributed by atoms with Crippen LogP contribution in [0.15, 0.2) is 0 Å². The molecule has 100 valence electrons. The van der Waals surface area contributed by atoms with E-state index in [1.807, 2.05) is 0 Å². The van der Waals surface area contributed by atoms with Crippen LogP contribution in [-0.4, -0.2) is 42.5 Å². The van der Waals surface area contributed by atoms with Crippen molar-refractivity contribution in [1.82, 2.24) is 5.32 Å². The molecule has 6 heteroatoms. The Morgan fingerprint density at radius 2 is 1.94 bits per heavy atom. The highest BCUT2D eigenvalue weighted by atomic mass is 16.6. The Kier molecular flexibility index (Phi) is 6.57. The second kappa shape index (κ2) is 7.11. The van der Waals surface area contributed by atoms with E-state index in [1.165, 1.54) is 7.11 Å². The van der Waals surface area contributed by atoms with E-state index in [1.54, 1.807) is 20.8 Å². The summed E-state index contributed by atoms with van der Waals surface area (Å²) >= 11 is 0. The van der Waals surface area contributed by atoms with Crippen molar-refractivity contribution in [2.45, 2.75) is 45.3 Å². The number of aliphatic hydroxyl groups excluding tert-OH is 1. The summed E-state index contributed by atoms with van der Waals surface area (Å²) in [6.45, 7) is 5.53. The number of alkyl carbamates (subject to hydrolysis) is 1. The largest absolute Gasteiger partial charge is 0.469 e. The van der Waals surface area contributed by atoms with Crippen LogP contribution in [0.5, 0.6) is 0 Å². The zero-order valence-corrected chi connectivity index (χ0v) is 10.8. The second-order valence-electron chi connectivity index (χ2n) is 4.65. The minimum absolute atomic E-state index is 0.0769.